The summed E-state index contributed by atoms with van der Waals surface area (Å²) in [5.74, 6) is -1.61. The Bertz CT molecular complexity index is 1420. The van der Waals surface area contributed by atoms with E-state index in [1.165, 1.54) is 35.2 Å². The molecule has 0 aliphatic heterocycles. The van der Waals surface area contributed by atoms with Crippen LogP contribution in [0, 0.1) is 12.7 Å². The van der Waals surface area contributed by atoms with Gasteiger partial charge in [-0.1, -0.05) is 60.1 Å². The number of sulfonamides is 1. The fourth-order valence-corrected chi connectivity index (χ4v) is 5.37. The van der Waals surface area contributed by atoms with Crippen molar-refractivity contribution in [3.63, 3.8) is 0 Å². The molecule has 0 bridgehead atoms. The van der Waals surface area contributed by atoms with Crippen molar-refractivity contribution in [3.8, 4) is 0 Å². The smallest absolute Gasteiger partial charge is 0.244 e. The van der Waals surface area contributed by atoms with E-state index in [1.807, 2.05) is 30.3 Å². The van der Waals surface area contributed by atoms with Crippen LogP contribution in [0.15, 0.2) is 72.8 Å². The first-order chi connectivity index (χ1) is 18.4. The molecule has 3 rings (SSSR count). The Balaban J connectivity index is 2.08. The van der Waals surface area contributed by atoms with Crippen molar-refractivity contribution >= 4 is 39.1 Å². The van der Waals surface area contributed by atoms with Gasteiger partial charge in [-0.15, -0.1) is 0 Å². The van der Waals surface area contributed by atoms with Gasteiger partial charge < -0.3 is 10.2 Å². The first-order valence-corrected chi connectivity index (χ1v) is 14.7. The van der Waals surface area contributed by atoms with E-state index in [2.05, 4.69) is 5.32 Å². The fourth-order valence-electron chi connectivity index (χ4n) is 4.24. The molecule has 0 aliphatic carbocycles. The lowest BCUT2D eigenvalue weighted by Gasteiger charge is -2.34. The average Bonchev–Trinajstić information content (AvgIpc) is 2.85. The van der Waals surface area contributed by atoms with E-state index in [-0.39, 0.29) is 30.3 Å². The summed E-state index contributed by atoms with van der Waals surface area (Å²) in [6.45, 7) is 4.47. The number of rotatable bonds is 11. The third-order valence-corrected chi connectivity index (χ3v) is 7.47. The van der Waals surface area contributed by atoms with Crippen molar-refractivity contribution in [1.29, 1.82) is 0 Å². The molecule has 0 radical (unpaired) electrons. The Morgan fingerprint density at radius 3 is 2.23 bits per heavy atom. The summed E-state index contributed by atoms with van der Waals surface area (Å²) in [6, 6.07) is 18.6. The Morgan fingerprint density at radius 1 is 1.00 bits per heavy atom. The first kappa shape index (κ1) is 30.1. The quantitative estimate of drug-likeness (QED) is 0.360. The molecule has 0 saturated heterocycles. The third kappa shape index (κ3) is 8.28. The van der Waals surface area contributed by atoms with Crippen LogP contribution < -0.4 is 9.62 Å². The predicted octanol–water partition coefficient (Wildman–Crippen LogP) is 4.72. The lowest BCUT2D eigenvalue weighted by Crippen LogP contribution is -2.54. The van der Waals surface area contributed by atoms with E-state index in [1.54, 1.807) is 32.9 Å². The van der Waals surface area contributed by atoms with E-state index >= 15 is 0 Å². The van der Waals surface area contributed by atoms with Crippen molar-refractivity contribution in [2.45, 2.75) is 45.8 Å². The Morgan fingerprint density at radius 2 is 1.64 bits per heavy atom. The lowest BCUT2D eigenvalue weighted by atomic mass is 10.0. The number of hydrogen-bond donors (Lipinski definition) is 1. The maximum Gasteiger partial charge on any atom is 0.244 e. The zero-order valence-electron chi connectivity index (χ0n) is 22.4. The van der Waals surface area contributed by atoms with Gasteiger partial charge in [-0.2, -0.15) is 0 Å². The summed E-state index contributed by atoms with van der Waals surface area (Å²) in [5.41, 5.74) is 1.84. The average molecular weight is 574 g/mol. The number of amides is 2. The molecular formula is C29H33ClFN3O4S. The van der Waals surface area contributed by atoms with Gasteiger partial charge in [0.2, 0.25) is 21.8 Å². The number of anilines is 1. The second kappa shape index (κ2) is 13.1. The minimum Gasteiger partial charge on any atom is -0.352 e. The minimum atomic E-state index is -3.92. The van der Waals surface area contributed by atoms with Crippen LogP contribution in [0.1, 0.15) is 30.5 Å². The molecule has 1 atom stereocenters. The van der Waals surface area contributed by atoms with Crippen LogP contribution in [0.2, 0.25) is 5.02 Å². The number of halogens is 2. The zero-order chi connectivity index (χ0) is 28.7. The SMILES string of the molecule is Cc1cc(Cl)ccc1N(CC(=O)N(Cc1ccccc1F)[C@H](Cc1ccccc1)C(=O)NC(C)C)S(C)(=O)=O. The number of hydrogen-bond acceptors (Lipinski definition) is 4. The highest BCUT2D eigenvalue weighted by Crippen LogP contribution is 2.26. The minimum absolute atomic E-state index is 0.151. The molecule has 0 heterocycles. The van der Waals surface area contributed by atoms with E-state index in [4.69, 9.17) is 11.6 Å². The molecule has 0 unspecified atom stereocenters. The molecule has 1 N–H and O–H groups in total. The van der Waals surface area contributed by atoms with Crippen LogP contribution in [0.3, 0.4) is 0 Å². The van der Waals surface area contributed by atoms with Gasteiger partial charge in [0, 0.05) is 29.6 Å². The molecule has 0 aromatic heterocycles. The van der Waals surface area contributed by atoms with Crippen molar-refractivity contribution in [1.82, 2.24) is 10.2 Å². The van der Waals surface area contributed by atoms with Crippen LogP contribution in [0.4, 0.5) is 10.1 Å². The van der Waals surface area contributed by atoms with Gasteiger partial charge in [-0.05, 0) is 56.2 Å². The molecule has 0 fully saturated rings. The number of nitrogens with zero attached hydrogens (tertiary/aromatic N) is 2. The summed E-state index contributed by atoms with van der Waals surface area (Å²) < 4.78 is 41.5. The van der Waals surface area contributed by atoms with Crippen molar-refractivity contribution in [2.75, 3.05) is 17.1 Å². The van der Waals surface area contributed by atoms with Crippen LogP contribution in [-0.2, 0) is 32.6 Å². The number of nitrogens with one attached hydrogen (secondary N) is 1. The van der Waals surface area contributed by atoms with Crippen LogP contribution >= 0.6 is 11.6 Å². The lowest BCUT2D eigenvalue weighted by molar-refractivity contribution is -0.140. The van der Waals surface area contributed by atoms with Crippen molar-refractivity contribution in [2.24, 2.45) is 0 Å². The van der Waals surface area contributed by atoms with E-state index < -0.39 is 40.2 Å². The van der Waals surface area contributed by atoms with Crippen LogP contribution in [-0.4, -0.2) is 50.0 Å². The van der Waals surface area contributed by atoms with E-state index in [0.29, 0.717) is 10.6 Å². The maximum atomic E-state index is 14.8. The molecule has 3 aromatic carbocycles. The largest absolute Gasteiger partial charge is 0.352 e. The second-order valence-corrected chi connectivity index (χ2v) is 12.0. The number of benzene rings is 3. The molecule has 2 amide bonds. The monoisotopic (exact) mass is 573 g/mol. The zero-order valence-corrected chi connectivity index (χ0v) is 24.0. The van der Waals surface area contributed by atoms with Gasteiger partial charge in [0.1, 0.15) is 18.4 Å². The molecular weight excluding hydrogens is 541 g/mol. The van der Waals surface area contributed by atoms with E-state index in [0.717, 1.165) is 16.1 Å². The maximum absolute atomic E-state index is 14.8. The molecule has 39 heavy (non-hydrogen) atoms. The summed E-state index contributed by atoms with van der Waals surface area (Å²) in [7, 11) is -3.92. The topological polar surface area (TPSA) is 86.8 Å². The van der Waals surface area contributed by atoms with Gasteiger partial charge in [-0.25, -0.2) is 12.8 Å². The van der Waals surface area contributed by atoms with Gasteiger partial charge in [-0.3, -0.25) is 13.9 Å². The van der Waals surface area contributed by atoms with Gasteiger partial charge >= 0.3 is 0 Å². The van der Waals surface area contributed by atoms with Crippen LogP contribution in [0.25, 0.3) is 0 Å². The van der Waals surface area contributed by atoms with Crippen molar-refractivity contribution in [3.05, 3.63) is 100 Å². The molecule has 0 saturated carbocycles. The van der Waals surface area contributed by atoms with E-state index in [9.17, 15) is 22.4 Å². The fraction of sp³-hybridized carbons (Fsp3) is 0.310. The molecule has 3 aromatic rings. The highest BCUT2D eigenvalue weighted by molar-refractivity contribution is 7.92. The molecule has 7 nitrogen and oxygen atoms in total. The molecule has 10 heteroatoms. The summed E-state index contributed by atoms with van der Waals surface area (Å²) in [5, 5.41) is 3.28. The number of carbonyl (C=O) groups excluding carboxylic acids is 2. The van der Waals surface area contributed by atoms with Gasteiger partial charge in [0.15, 0.2) is 0 Å². The third-order valence-electron chi connectivity index (χ3n) is 6.11. The number of aryl methyl sites for hydroxylation is 1. The first-order valence-electron chi connectivity index (χ1n) is 12.5. The molecule has 0 spiro atoms. The summed E-state index contributed by atoms with van der Waals surface area (Å²) in [6.07, 6.45) is 1.15. The van der Waals surface area contributed by atoms with Gasteiger partial charge in [0.25, 0.3) is 0 Å². The number of carbonyl (C=O) groups is 2. The second-order valence-electron chi connectivity index (χ2n) is 9.68. The highest BCUT2D eigenvalue weighted by atomic mass is 35.5. The Kier molecular flexibility index (Phi) is 10.1. The highest BCUT2D eigenvalue weighted by Gasteiger charge is 2.34. The standard InChI is InChI=1S/C29H33ClFN3O4S/c1-20(2)32-29(36)27(17-22-10-6-5-7-11-22)33(18-23-12-8-9-13-25(23)31)28(35)19-34(39(4,37)38)26-15-14-24(30)16-21(26)3/h5-16,20,27H,17-19H2,1-4H3,(H,32,36)/t27-/m1/s1. The summed E-state index contributed by atoms with van der Waals surface area (Å²) in [4.78, 5) is 28.7. The molecule has 208 valence electrons. The predicted molar refractivity (Wildman–Crippen MR) is 153 cm³/mol. The molecule has 0 aliphatic rings. The van der Waals surface area contributed by atoms with Gasteiger partial charge in [0.05, 0.1) is 11.9 Å². The summed E-state index contributed by atoms with van der Waals surface area (Å²) >= 11 is 6.07. The van der Waals surface area contributed by atoms with Crippen LogP contribution in [0.5, 0.6) is 0 Å². The Hall–Kier alpha value is -3.43. The van der Waals surface area contributed by atoms with Crippen molar-refractivity contribution < 1.29 is 22.4 Å². The normalized spacial score (nSPS) is 12.2. The Labute approximate surface area is 234 Å².